The molecule has 4 nitrogen and oxygen atoms in total. The summed E-state index contributed by atoms with van der Waals surface area (Å²) in [6.07, 6.45) is -9.02. The quantitative estimate of drug-likeness (QED) is 0.621. The van der Waals surface area contributed by atoms with Crippen LogP contribution < -0.4 is 5.32 Å². The van der Waals surface area contributed by atoms with E-state index in [2.05, 4.69) is 10.2 Å². The lowest BCUT2D eigenvalue weighted by atomic mass is 9.89. The Hall–Kier alpha value is -2.59. The number of nitrogens with one attached hydrogen (secondary N) is 1. The second-order valence-corrected chi connectivity index (χ2v) is 9.32. The number of benzene rings is 2. The largest absolute Gasteiger partial charge is 0.416 e. The van der Waals surface area contributed by atoms with Gasteiger partial charge in [0, 0.05) is 46.1 Å². The maximum Gasteiger partial charge on any atom is 0.416 e. The van der Waals surface area contributed by atoms with Gasteiger partial charge >= 0.3 is 12.4 Å². The lowest BCUT2D eigenvalue weighted by Crippen LogP contribution is -2.64. The third-order valence-electron chi connectivity index (χ3n) is 7.20. The van der Waals surface area contributed by atoms with E-state index in [1.807, 2.05) is 24.3 Å². The first-order chi connectivity index (χ1) is 16.3. The molecule has 1 unspecified atom stereocenters. The third kappa shape index (κ3) is 4.91. The van der Waals surface area contributed by atoms with E-state index in [1.54, 1.807) is 0 Å². The minimum Gasteiger partial charge on any atom is -0.337 e. The lowest BCUT2D eigenvalue weighted by Gasteiger charge is -2.45. The Bertz CT molecular complexity index is 1030. The Morgan fingerprint density at radius 2 is 1.43 bits per heavy atom. The fraction of sp³-hybridized carbons (Fsp3) is 0.480. The molecule has 190 valence electrons. The lowest BCUT2D eigenvalue weighted by molar-refractivity contribution is -0.145. The van der Waals surface area contributed by atoms with Gasteiger partial charge < -0.3 is 10.2 Å². The molecule has 2 aromatic rings. The number of amides is 1. The van der Waals surface area contributed by atoms with Gasteiger partial charge in [0.1, 0.15) is 5.54 Å². The summed E-state index contributed by atoms with van der Waals surface area (Å²) in [6.45, 7) is 4.06. The summed E-state index contributed by atoms with van der Waals surface area (Å²) in [5.41, 5.74) is -1.88. The highest BCUT2D eigenvalue weighted by Crippen LogP contribution is 2.40. The molecule has 1 atom stereocenters. The molecule has 2 aliphatic rings. The van der Waals surface area contributed by atoms with Crippen molar-refractivity contribution in [3.63, 3.8) is 0 Å². The molecule has 1 aliphatic carbocycles. The molecule has 35 heavy (non-hydrogen) atoms. The summed E-state index contributed by atoms with van der Waals surface area (Å²) in [4.78, 5) is 17.4. The first-order valence-electron chi connectivity index (χ1n) is 11.4. The van der Waals surface area contributed by atoms with Crippen molar-refractivity contribution in [3.05, 3.63) is 70.3 Å². The van der Waals surface area contributed by atoms with E-state index in [0.717, 1.165) is 11.1 Å². The van der Waals surface area contributed by atoms with Crippen molar-refractivity contribution < 1.29 is 31.1 Å². The van der Waals surface area contributed by atoms with Crippen LogP contribution in [0.5, 0.6) is 0 Å². The zero-order valence-electron chi connectivity index (χ0n) is 19.4. The number of piperazine rings is 1. The minimum absolute atomic E-state index is 0.105. The van der Waals surface area contributed by atoms with E-state index in [9.17, 15) is 31.1 Å². The zero-order chi connectivity index (χ0) is 25.6. The van der Waals surface area contributed by atoms with Crippen LogP contribution in [0.25, 0.3) is 0 Å². The van der Waals surface area contributed by atoms with Gasteiger partial charge in [-0.15, -0.1) is 0 Å². The molecular formula is C25H27F6N3O. The van der Waals surface area contributed by atoms with Crippen molar-refractivity contribution >= 4 is 5.91 Å². The van der Waals surface area contributed by atoms with Crippen LogP contribution >= 0.6 is 0 Å². The number of carbonyl (C=O) groups is 1. The minimum atomic E-state index is -4.95. The topological polar surface area (TPSA) is 35.6 Å². The number of alkyl halides is 6. The van der Waals surface area contributed by atoms with Crippen LogP contribution in [0, 0.1) is 0 Å². The number of rotatable bonds is 4. The van der Waals surface area contributed by atoms with Gasteiger partial charge in [-0.25, -0.2) is 0 Å². The maximum absolute atomic E-state index is 14.0. The van der Waals surface area contributed by atoms with Gasteiger partial charge in [0.15, 0.2) is 0 Å². The van der Waals surface area contributed by atoms with Gasteiger partial charge in [0.2, 0.25) is 5.91 Å². The van der Waals surface area contributed by atoms with Gasteiger partial charge in [-0.2, -0.15) is 26.3 Å². The van der Waals surface area contributed by atoms with Crippen LogP contribution in [0.3, 0.4) is 0 Å². The van der Waals surface area contributed by atoms with Crippen LogP contribution in [-0.4, -0.2) is 54.5 Å². The molecule has 1 saturated heterocycles. The Morgan fingerprint density at radius 1 is 0.943 bits per heavy atom. The molecule has 0 saturated carbocycles. The number of fused-ring (bicyclic) bond motifs is 1. The number of nitrogens with zero attached hydrogens (tertiary/aromatic N) is 2. The predicted octanol–water partition coefficient (Wildman–Crippen LogP) is 4.69. The van der Waals surface area contributed by atoms with E-state index in [-0.39, 0.29) is 17.5 Å². The molecule has 10 heteroatoms. The summed E-state index contributed by atoms with van der Waals surface area (Å²) < 4.78 is 80.4. The molecule has 1 fully saturated rings. The van der Waals surface area contributed by atoms with Crippen LogP contribution in [0.4, 0.5) is 26.3 Å². The number of hydrogen-bond donors (Lipinski definition) is 1. The first-order valence-corrected chi connectivity index (χ1v) is 11.4. The van der Waals surface area contributed by atoms with E-state index in [1.165, 1.54) is 18.9 Å². The van der Waals surface area contributed by atoms with Crippen LogP contribution in [0.2, 0.25) is 0 Å². The van der Waals surface area contributed by atoms with Gasteiger partial charge in [-0.3, -0.25) is 9.69 Å². The van der Waals surface area contributed by atoms with Crippen molar-refractivity contribution in [1.82, 2.24) is 15.1 Å². The molecule has 0 radical (unpaired) electrons. The van der Waals surface area contributed by atoms with E-state index in [4.69, 9.17) is 0 Å². The van der Waals surface area contributed by atoms with Crippen LogP contribution in [0.1, 0.15) is 40.8 Å². The summed E-state index contributed by atoms with van der Waals surface area (Å²) >= 11 is 0. The molecular weight excluding hydrogens is 472 g/mol. The normalized spacial score (nSPS) is 19.3. The molecule has 0 aromatic heterocycles. The molecule has 1 aliphatic heterocycles. The monoisotopic (exact) mass is 499 g/mol. The fourth-order valence-electron chi connectivity index (χ4n) is 5.15. The Kier molecular flexibility index (Phi) is 6.65. The average Bonchev–Trinajstić information content (AvgIpc) is 3.22. The summed E-state index contributed by atoms with van der Waals surface area (Å²) in [5.74, 6) is -0.311. The fourth-order valence-corrected chi connectivity index (χ4v) is 5.15. The molecule has 1 heterocycles. The number of carbonyl (C=O) groups excluding carboxylic acids is 1. The van der Waals surface area contributed by atoms with E-state index in [0.29, 0.717) is 51.2 Å². The van der Waals surface area contributed by atoms with E-state index < -0.39 is 35.1 Å². The van der Waals surface area contributed by atoms with Crippen molar-refractivity contribution in [2.24, 2.45) is 0 Å². The average molecular weight is 499 g/mol. The van der Waals surface area contributed by atoms with Gasteiger partial charge in [-0.05, 0) is 41.8 Å². The smallest absolute Gasteiger partial charge is 0.337 e. The standard InChI is InChI=1S/C25H27F6N3O/c1-16(19-11-20(24(26,27)28)13-21(12-19)25(29,30)31)33(2)22(35)23(34-9-7-32-8-10-34)14-17-5-3-4-6-18(17)15-23/h3-6,11-13,16,32H,7-10,14-15H2,1-2H3. The molecule has 4 rings (SSSR count). The molecule has 1 N–H and O–H groups in total. The van der Waals surface area contributed by atoms with Gasteiger partial charge in [0.05, 0.1) is 17.2 Å². The number of likely N-dealkylation sites (N-methyl/N-ethyl adjacent to an activating group) is 1. The second kappa shape index (κ2) is 9.13. The highest BCUT2D eigenvalue weighted by atomic mass is 19.4. The number of halogens is 6. The zero-order valence-corrected chi connectivity index (χ0v) is 19.4. The van der Waals surface area contributed by atoms with Crippen molar-refractivity contribution in [2.45, 2.75) is 43.7 Å². The highest BCUT2D eigenvalue weighted by Gasteiger charge is 2.50. The van der Waals surface area contributed by atoms with Gasteiger partial charge in [0.25, 0.3) is 0 Å². The van der Waals surface area contributed by atoms with Gasteiger partial charge in [-0.1, -0.05) is 24.3 Å². The summed E-state index contributed by atoms with van der Waals surface area (Å²) in [5, 5.41) is 3.25. The summed E-state index contributed by atoms with van der Waals surface area (Å²) in [6, 6.07) is 8.20. The predicted molar refractivity (Wildman–Crippen MR) is 119 cm³/mol. The highest BCUT2D eigenvalue weighted by molar-refractivity contribution is 5.88. The first kappa shape index (κ1) is 25.5. The second-order valence-electron chi connectivity index (χ2n) is 9.32. The van der Waals surface area contributed by atoms with Crippen LogP contribution in [0.15, 0.2) is 42.5 Å². The van der Waals surface area contributed by atoms with Crippen molar-refractivity contribution in [3.8, 4) is 0 Å². The maximum atomic E-state index is 14.0. The molecule has 1 amide bonds. The molecule has 0 spiro atoms. The summed E-state index contributed by atoms with van der Waals surface area (Å²) in [7, 11) is 1.45. The van der Waals surface area contributed by atoms with Crippen molar-refractivity contribution in [1.29, 1.82) is 0 Å². The van der Waals surface area contributed by atoms with E-state index >= 15 is 0 Å². The Balaban J connectivity index is 1.71. The number of hydrogen-bond acceptors (Lipinski definition) is 3. The third-order valence-corrected chi connectivity index (χ3v) is 7.20. The molecule has 0 bridgehead atoms. The SMILES string of the molecule is CC(c1cc(C(F)(F)F)cc(C(F)(F)F)c1)N(C)C(=O)C1(N2CCNCC2)Cc2ccccc2C1. The molecule has 2 aromatic carbocycles. The van der Waals surface area contributed by atoms with Crippen molar-refractivity contribution in [2.75, 3.05) is 33.2 Å². The Labute approximate surface area is 199 Å². The van der Waals surface area contributed by atoms with Crippen LogP contribution in [-0.2, 0) is 30.0 Å². The Morgan fingerprint density at radius 3 is 1.89 bits per heavy atom.